The molecule has 0 aromatic heterocycles. The standard InChI is InChI=1S/C8H15IO/c1-6-3-8(5-9)4-7(2)10-6/h6-8H,3-5H2,1-2H3/t6-,7+,8-. The number of hydrogen-bond donors (Lipinski definition) is 0. The molecule has 0 saturated carbocycles. The van der Waals surface area contributed by atoms with Gasteiger partial charge in [-0.25, -0.2) is 0 Å². The maximum atomic E-state index is 5.61. The molecule has 1 rings (SSSR count). The van der Waals surface area contributed by atoms with Crippen molar-refractivity contribution in [1.82, 2.24) is 0 Å². The second-order valence-electron chi connectivity index (χ2n) is 3.25. The van der Waals surface area contributed by atoms with Gasteiger partial charge in [0.25, 0.3) is 0 Å². The molecule has 0 radical (unpaired) electrons. The molecule has 0 N–H and O–H groups in total. The molecule has 0 spiro atoms. The summed E-state index contributed by atoms with van der Waals surface area (Å²) in [5.74, 6) is 0.902. The Labute approximate surface area is 76.7 Å². The van der Waals surface area contributed by atoms with Gasteiger partial charge in [-0.2, -0.15) is 0 Å². The van der Waals surface area contributed by atoms with Gasteiger partial charge in [-0.3, -0.25) is 0 Å². The van der Waals surface area contributed by atoms with Gasteiger partial charge in [-0.15, -0.1) is 0 Å². The van der Waals surface area contributed by atoms with Gasteiger partial charge in [0.1, 0.15) is 0 Å². The number of halogens is 1. The molecule has 1 saturated heterocycles. The Kier molecular flexibility index (Phi) is 3.43. The van der Waals surface area contributed by atoms with Crippen LogP contribution in [-0.2, 0) is 4.74 Å². The zero-order chi connectivity index (χ0) is 7.56. The minimum absolute atomic E-state index is 0.489. The number of rotatable bonds is 1. The summed E-state index contributed by atoms with van der Waals surface area (Å²) < 4.78 is 6.90. The van der Waals surface area contributed by atoms with Crippen LogP contribution in [0, 0.1) is 5.92 Å². The van der Waals surface area contributed by atoms with Gasteiger partial charge >= 0.3 is 0 Å². The highest BCUT2D eigenvalue weighted by Gasteiger charge is 2.22. The van der Waals surface area contributed by atoms with Crippen molar-refractivity contribution in [2.24, 2.45) is 5.92 Å². The van der Waals surface area contributed by atoms with Crippen molar-refractivity contribution < 1.29 is 4.74 Å². The van der Waals surface area contributed by atoms with E-state index in [1.807, 2.05) is 0 Å². The van der Waals surface area contributed by atoms with Crippen molar-refractivity contribution in [3.05, 3.63) is 0 Å². The molecular weight excluding hydrogens is 239 g/mol. The number of alkyl halides is 1. The summed E-state index contributed by atoms with van der Waals surface area (Å²) in [6.45, 7) is 4.35. The molecule has 60 valence electrons. The smallest absolute Gasteiger partial charge is 0.0553 e. The first-order chi connectivity index (χ1) is 4.72. The highest BCUT2D eigenvalue weighted by molar-refractivity contribution is 14.1. The summed E-state index contributed by atoms with van der Waals surface area (Å²) in [6.07, 6.45) is 3.49. The van der Waals surface area contributed by atoms with Crippen LogP contribution in [0.25, 0.3) is 0 Å². The van der Waals surface area contributed by atoms with Crippen molar-refractivity contribution in [1.29, 1.82) is 0 Å². The lowest BCUT2D eigenvalue weighted by Crippen LogP contribution is -2.29. The van der Waals surface area contributed by atoms with Crippen LogP contribution in [0.5, 0.6) is 0 Å². The van der Waals surface area contributed by atoms with E-state index < -0.39 is 0 Å². The summed E-state index contributed by atoms with van der Waals surface area (Å²) in [4.78, 5) is 0. The Morgan fingerprint density at radius 2 is 1.80 bits per heavy atom. The molecule has 1 fully saturated rings. The van der Waals surface area contributed by atoms with Crippen molar-refractivity contribution in [3.8, 4) is 0 Å². The second-order valence-corrected chi connectivity index (χ2v) is 4.13. The molecule has 1 aliphatic rings. The zero-order valence-corrected chi connectivity index (χ0v) is 8.80. The van der Waals surface area contributed by atoms with Crippen LogP contribution >= 0.6 is 22.6 Å². The van der Waals surface area contributed by atoms with E-state index in [-0.39, 0.29) is 0 Å². The van der Waals surface area contributed by atoms with E-state index in [1.165, 1.54) is 17.3 Å². The molecule has 1 heterocycles. The molecule has 0 amide bonds. The Hall–Kier alpha value is 0.690. The van der Waals surface area contributed by atoms with Crippen molar-refractivity contribution in [2.75, 3.05) is 4.43 Å². The first-order valence-corrected chi connectivity index (χ1v) is 5.46. The van der Waals surface area contributed by atoms with Crippen LogP contribution in [0.15, 0.2) is 0 Å². The monoisotopic (exact) mass is 254 g/mol. The summed E-state index contributed by atoms with van der Waals surface area (Å²) in [5.41, 5.74) is 0. The van der Waals surface area contributed by atoms with Crippen LogP contribution in [0.1, 0.15) is 26.7 Å². The molecule has 1 aliphatic heterocycles. The van der Waals surface area contributed by atoms with Gasteiger partial charge < -0.3 is 4.74 Å². The summed E-state index contributed by atoms with van der Waals surface area (Å²) >= 11 is 2.47. The Morgan fingerprint density at radius 3 is 2.20 bits per heavy atom. The topological polar surface area (TPSA) is 9.23 Å². The number of hydrogen-bond acceptors (Lipinski definition) is 1. The summed E-state index contributed by atoms with van der Waals surface area (Å²) in [7, 11) is 0. The van der Waals surface area contributed by atoms with E-state index in [0.29, 0.717) is 12.2 Å². The normalized spacial score (nSPS) is 41.7. The minimum Gasteiger partial charge on any atom is -0.376 e. The largest absolute Gasteiger partial charge is 0.376 e. The lowest BCUT2D eigenvalue weighted by molar-refractivity contribution is -0.0471. The molecule has 0 unspecified atom stereocenters. The third-order valence-corrected chi connectivity index (χ3v) is 3.26. The molecule has 3 atom stereocenters. The lowest BCUT2D eigenvalue weighted by Gasteiger charge is -2.30. The van der Waals surface area contributed by atoms with Crippen LogP contribution < -0.4 is 0 Å². The van der Waals surface area contributed by atoms with Crippen LogP contribution in [0.2, 0.25) is 0 Å². The van der Waals surface area contributed by atoms with Gasteiger partial charge in [0.05, 0.1) is 12.2 Å². The average Bonchev–Trinajstić information content (AvgIpc) is 1.85. The quantitative estimate of drug-likeness (QED) is 0.516. The molecular formula is C8H15IO. The van der Waals surface area contributed by atoms with Crippen molar-refractivity contribution in [2.45, 2.75) is 38.9 Å². The van der Waals surface area contributed by atoms with E-state index in [0.717, 1.165) is 5.92 Å². The molecule has 0 bridgehead atoms. The molecule has 0 aliphatic carbocycles. The summed E-state index contributed by atoms with van der Waals surface area (Å²) in [6, 6.07) is 0. The Morgan fingerprint density at radius 1 is 1.30 bits per heavy atom. The molecule has 1 nitrogen and oxygen atoms in total. The fraction of sp³-hybridized carbons (Fsp3) is 1.00. The maximum Gasteiger partial charge on any atom is 0.0553 e. The molecule has 10 heavy (non-hydrogen) atoms. The zero-order valence-electron chi connectivity index (χ0n) is 6.64. The summed E-state index contributed by atoms with van der Waals surface area (Å²) in [5, 5.41) is 0. The van der Waals surface area contributed by atoms with Crippen molar-refractivity contribution in [3.63, 3.8) is 0 Å². The highest BCUT2D eigenvalue weighted by Crippen LogP contribution is 2.25. The predicted molar refractivity (Wildman–Crippen MR) is 51.6 cm³/mol. The SMILES string of the molecule is C[C@@H]1C[C@@H](CI)C[C@H](C)O1. The van der Waals surface area contributed by atoms with Crippen LogP contribution in [0.4, 0.5) is 0 Å². The second kappa shape index (κ2) is 3.90. The van der Waals surface area contributed by atoms with E-state index in [1.54, 1.807) is 0 Å². The fourth-order valence-electron chi connectivity index (χ4n) is 1.67. The van der Waals surface area contributed by atoms with Gasteiger partial charge in [-0.05, 0) is 32.6 Å². The van der Waals surface area contributed by atoms with E-state index in [2.05, 4.69) is 36.4 Å². The van der Waals surface area contributed by atoms with E-state index >= 15 is 0 Å². The third kappa shape index (κ3) is 2.38. The van der Waals surface area contributed by atoms with Crippen LogP contribution in [0.3, 0.4) is 0 Å². The van der Waals surface area contributed by atoms with Crippen LogP contribution in [-0.4, -0.2) is 16.6 Å². The maximum absolute atomic E-state index is 5.61. The number of ether oxygens (including phenoxy) is 1. The highest BCUT2D eigenvalue weighted by atomic mass is 127. The van der Waals surface area contributed by atoms with E-state index in [9.17, 15) is 0 Å². The fourth-order valence-corrected chi connectivity index (χ4v) is 2.39. The third-order valence-electron chi connectivity index (χ3n) is 2.01. The van der Waals surface area contributed by atoms with Gasteiger partial charge in [0.2, 0.25) is 0 Å². The first kappa shape index (κ1) is 8.78. The Bertz CT molecular complexity index is 95.4. The van der Waals surface area contributed by atoms with Gasteiger partial charge in [0, 0.05) is 4.43 Å². The minimum atomic E-state index is 0.489. The van der Waals surface area contributed by atoms with Gasteiger partial charge in [0.15, 0.2) is 0 Å². The average molecular weight is 254 g/mol. The predicted octanol–water partition coefficient (Wildman–Crippen LogP) is 2.63. The Balaban J connectivity index is 2.35. The molecule has 2 heteroatoms. The van der Waals surface area contributed by atoms with Gasteiger partial charge in [-0.1, -0.05) is 22.6 Å². The van der Waals surface area contributed by atoms with Crippen molar-refractivity contribution >= 4 is 22.6 Å². The first-order valence-electron chi connectivity index (χ1n) is 3.93. The molecule has 0 aromatic carbocycles. The molecule has 0 aromatic rings. The van der Waals surface area contributed by atoms with E-state index in [4.69, 9.17) is 4.74 Å². The lowest BCUT2D eigenvalue weighted by atomic mass is 9.95.